The average molecular weight is 811 g/mol. The fourth-order valence-corrected chi connectivity index (χ4v) is 10.9. The molecule has 2 aromatic heterocycles. The summed E-state index contributed by atoms with van der Waals surface area (Å²) in [6, 6.07) is 61.5. The molecule has 12 rings (SSSR count). The van der Waals surface area contributed by atoms with Crippen LogP contribution in [0.2, 0.25) is 0 Å². The largest absolute Gasteiger partial charge is 0.309 e. The van der Waals surface area contributed by atoms with Gasteiger partial charge in [0, 0.05) is 44.0 Å². The van der Waals surface area contributed by atoms with Crippen LogP contribution >= 0.6 is 0 Å². The van der Waals surface area contributed by atoms with E-state index in [2.05, 4.69) is 180 Å². The molecule has 4 heteroatoms. The topological polar surface area (TPSA) is 43.6 Å². The van der Waals surface area contributed by atoms with Crippen LogP contribution in [0.4, 0.5) is 0 Å². The lowest BCUT2D eigenvalue weighted by molar-refractivity contribution is 0.652. The van der Waals surface area contributed by atoms with Gasteiger partial charge in [-0.1, -0.05) is 143 Å². The molecule has 0 atom stereocenters. The maximum absolute atomic E-state index is 5.11. The second kappa shape index (κ2) is 13.5. The fraction of sp³-hybridized carbons (Fsp3) is 0.136. The molecule has 10 aromatic rings. The van der Waals surface area contributed by atoms with E-state index < -0.39 is 0 Å². The molecule has 0 fully saturated rings. The van der Waals surface area contributed by atoms with Crippen molar-refractivity contribution in [2.24, 2.45) is 0 Å². The van der Waals surface area contributed by atoms with Crippen molar-refractivity contribution in [3.8, 4) is 73.2 Å². The summed E-state index contributed by atoms with van der Waals surface area (Å²) in [5, 5.41) is 2.56. The molecular formula is C59H46N4. The quantitative estimate of drug-likeness (QED) is 0.174. The minimum atomic E-state index is -0.239. The van der Waals surface area contributed by atoms with E-state index in [-0.39, 0.29) is 10.8 Å². The van der Waals surface area contributed by atoms with Gasteiger partial charge in [-0.3, -0.25) is 0 Å². The van der Waals surface area contributed by atoms with Crippen LogP contribution in [-0.4, -0.2) is 19.5 Å². The van der Waals surface area contributed by atoms with Crippen molar-refractivity contribution in [1.82, 2.24) is 19.5 Å². The van der Waals surface area contributed by atoms with E-state index in [0.717, 1.165) is 16.7 Å². The van der Waals surface area contributed by atoms with Crippen LogP contribution in [0.5, 0.6) is 0 Å². The Kier molecular flexibility index (Phi) is 8.02. The number of aromatic nitrogens is 4. The molecule has 0 aliphatic heterocycles. The van der Waals surface area contributed by atoms with E-state index >= 15 is 0 Å². The molecule has 0 saturated carbocycles. The van der Waals surface area contributed by atoms with E-state index in [0.29, 0.717) is 17.5 Å². The van der Waals surface area contributed by atoms with Crippen LogP contribution in [0.1, 0.15) is 61.1 Å². The van der Waals surface area contributed by atoms with Gasteiger partial charge in [0.1, 0.15) is 0 Å². The summed E-state index contributed by atoms with van der Waals surface area (Å²) >= 11 is 0. The zero-order valence-electron chi connectivity index (χ0n) is 36.5. The van der Waals surface area contributed by atoms with Gasteiger partial charge in [0.2, 0.25) is 0 Å². The van der Waals surface area contributed by atoms with Crippen LogP contribution in [0.3, 0.4) is 0 Å². The maximum atomic E-state index is 5.11. The number of fused-ring (bicyclic) bond motifs is 9. The summed E-state index contributed by atoms with van der Waals surface area (Å²) in [5.41, 5.74) is 22.0. The second-order valence-corrected chi connectivity index (χ2v) is 18.6. The number of para-hydroxylation sites is 2. The van der Waals surface area contributed by atoms with E-state index in [9.17, 15) is 0 Å². The molecule has 63 heavy (non-hydrogen) atoms. The van der Waals surface area contributed by atoms with Gasteiger partial charge in [0.05, 0.1) is 11.0 Å². The highest BCUT2D eigenvalue weighted by Gasteiger charge is 2.43. The van der Waals surface area contributed by atoms with Gasteiger partial charge in [0.25, 0.3) is 0 Å². The van der Waals surface area contributed by atoms with E-state index in [1.165, 1.54) is 94.3 Å². The lowest BCUT2D eigenvalue weighted by Gasteiger charge is -2.24. The Labute approximate surface area is 368 Å². The van der Waals surface area contributed by atoms with Crippen LogP contribution in [0, 0.1) is 13.8 Å². The Hall–Kier alpha value is -7.43. The minimum absolute atomic E-state index is 0.184. The van der Waals surface area contributed by atoms with Gasteiger partial charge >= 0.3 is 0 Å². The van der Waals surface area contributed by atoms with Gasteiger partial charge in [0.15, 0.2) is 17.5 Å². The van der Waals surface area contributed by atoms with Crippen LogP contribution < -0.4 is 0 Å². The molecule has 0 saturated heterocycles. The molecule has 8 aromatic carbocycles. The average Bonchev–Trinajstić information content (AvgIpc) is 3.85. The summed E-state index contributed by atoms with van der Waals surface area (Å²) in [7, 11) is 0. The lowest BCUT2D eigenvalue weighted by Crippen LogP contribution is -2.17. The molecular weight excluding hydrogens is 765 g/mol. The summed E-state index contributed by atoms with van der Waals surface area (Å²) in [6.07, 6.45) is 0. The highest BCUT2D eigenvalue weighted by molar-refractivity contribution is 6.09. The Morgan fingerprint density at radius 3 is 1.27 bits per heavy atom. The number of rotatable bonds is 5. The first-order valence-corrected chi connectivity index (χ1v) is 22.0. The van der Waals surface area contributed by atoms with E-state index in [1.54, 1.807) is 0 Å². The van der Waals surface area contributed by atoms with Crippen molar-refractivity contribution in [3.05, 3.63) is 203 Å². The van der Waals surface area contributed by atoms with Gasteiger partial charge in [-0.2, -0.15) is 0 Å². The van der Waals surface area contributed by atoms with Gasteiger partial charge in [-0.25, -0.2) is 15.0 Å². The van der Waals surface area contributed by atoms with E-state index in [1.807, 2.05) is 36.4 Å². The third-order valence-electron chi connectivity index (χ3n) is 14.1. The van der Waals surface area contributed by atoms with Crippen LogP contribution in [0.25, 0.3) is 95.0 Å². The third-order valence-corrected chi connectivity index (χ3v) is 14.1. The molecule has 2 aliphatic carbocycles. The number of hydrogen-bond donors (Lipinski definition) is 0. The normalized spacial score (nSPS) is 14.1. The molecule has 0 radical (unpaired) electrons. The molecule has 2 heterocycles. The zero-order chi connectivity index (χ0) is 42.8. The minimum Gasteiger partial charge on any atom is -0.309 e. The number of hydrogen-bond acceptors (Lipinski definition) is 3. The zero-order valence-corrected chi connectivity index (χ0v) is 36.5. The van der Waals surface area contributed by atoms with Gasteiger partial charge in [-0.05, 0) is 135 Å². The molecule has 302 valence electrons. The Morgan fingerprint density at radius 1 is 0.365 bits per heavy atom. The van der Waals surface area contributed by atoms with Crippen molar-refractivity contribution >= 4 is 21.8 Å². The summed E-state index contributed by atoms with van der Waals surface area (Å²) in [5.74, 6) is 2.03. The highest BCUT2D eigenvalue weighted by atomic mass is 15.0. The Balaban J connectivity index is 0.931. The standard InChI is InChI=1S/C59H46N4/c1-35-29-40(37-25-27-42(28-26-37)63-51-23-15-13-21-43(51)44-22-14-16-24-52(44)63)31-49-53(35)45-33-48-46(34-47(45)58(49,3)4)54-36(2)30-41(32-50(54)59(48,5)6)57-61-55(38-17-9-7-10-18-38)60-56(62-57)39-19-11-8-12-20-39/h7-34H,1-6H3. The fourth-order valence-electron chi connectivity index (χ4n) is 10.9. The summed E-state index contributed by atoms with van der Waals surface area (Å²) in [4.78, 5) is 15.2. The number of aryl methyl sites for hydroxylation is 2. The SMILES string of the molecule is Cc1cc(-c2ccc(-n3c4ccccc4c4ccccc43)cc2)cc2c1-c1cc3c(cc1C2(C)C)-c1c(C)cc(-c2nc(-c4ccccc4)nc(-c4ccccc4)n2)cc1C3(C)C. The molecule has 0 N–H and O–H groups in total. The summed E-state index contributed by atoms with van der Waals surface area (Å²) < 4.78 is 2.39. The number of benzene rings is 8. The summed E-state index contributed by atoms with van der Waals surface area (Å²) in [6.45, 7) is 14.1. The molecule has 0 unspecified atom stereocenters. The number of nitrogens with zero attached hydrogens (tertiary/aromatic N) is 4. The van der Waals surface area contributed by atoms with Crippen LogP contribution in [-0.2, 0) is 10.8 Å². The van der Waals surface area contributed by atoms with Gasteiger partial charge < -0.3 is 4.57 Å². The monoisotopic (exact) mass is 810 g/mol. The van der Waals surface area contributed by atoms with Crippen molar-refractivity contribution in [1.29, 1.82) is 0 Å². The smallest absolute Gasteiger partial charge is 0.164 e. The maximum Gasteiger partial charge on any atom is 0.164 e. The second-order valence-electron chi connectivity index (χ2n) is 18.6. The van der Waals surface area contributed by atoms with Crippen LogP contribution in [0.15, 0.2) is 170 Å². The van der Waals surface area contributed by atoms with Crippen molar-refractivity contribution in [2.45, 2.75) is 52.4 Å². The predicted octanol–water partition coefficient (Wildman–Crippen LogP) is 14.9. The Morgan fingerprint density at radius 2 is 0.778 bits per heavy atom. The molecule has 2 aliphatic rings. The molecule has 0 bridgehead atoms. The first kappa shape index (κ1) is 37.3. The lowest BCUT2D eigenvalue weighted by atomic mass is 9.79. The molecule has 0 spiro atoms. The predicted molar refractivity (Wildman–Crippen MR) is 261 cm³/mol. The van der Waals surface area contributed by atoms with Crippen molar-refractivity contribution < 1.29 is 0 Å². The van der Waals surface area contributed by atoms with Gasteiger partial charge in [-0.15, -0.1) is 0 Å². The first-order valence-electron chi connectivity index (χ1n) is 22.0. The van der Waals surface area contributed by atoms with Crippen molar-refractivity contribution in [2.75, 3.05) is 0 Å². The Bertz CT molecular complexity index is 3390. The first-order chi connectivity index (χ1) is 30.6. The van der Waals surface area contributed by atoms with E-state index in [4.69, 9.17) is 15.0 Å². The van der Waals surface area contributed by atoms with Crippen molar-refractivity contribution in [3.63, 3.8) is 0 Å². The molecule has 0 amide bonds. The third kappa shape index (κ3) is 5.57. The highest BCUT2D eigenvalue weighted by Crippen LogP contribution is 2.58. The molecule has 4 nitrogen and oxygen atoms in total.